The number of carbonyl (C=O) groups excluding carboxylic acids is 3. The minimum absolute atomic E-state index is 0.0491. The zero-order chi connectivity index (χ0) is 25.3. The molecule has 9 heteroatoms. The number of hydrogen-bond acceptors (Lipinski definition) is 7. The standard InChI is InChI=1S/C26H31N3O6/c1-15-16(2)27-17(3)20(15)23(30)21-22(18-5-7-19(8-6-18)26(33)34-4)29(25(32)24(21)31)10-9-28-11-13-35-14-12-28/h5-8,22,27,30H,9-14H2,1-4H3/b23-21+. The summed E-state index contributed by atoms with van der Waals surface area (Å²) in [4.78, 5) is 45.3. The smallest absolute Gasteiger partial charge is 0.337 e. The van der Waals surface area contributed by atoms with Crippen LogP contribution in [0.4, 0.5) is 0 Å². The fourth-order valence-corrected chi connectivity index (χ4v) is 4.85. The highest BCUT2D eigenvalue weighted by atomic mass is 16.5. The molecule has 1 aromatic carbocycles. The Kier molecular flexibility index (Phi) is 7.09. The Morgan fingerprint density at radius 2 is 1.74 bits per heavy atom. The molecule has 1 unspecified atom stereocenters. The Morgan fingerprint density at radius 3 is 2.31 bits per heavy atom. The van der Waals surface area contributed by atoms with Crippen molar-refractivity contribution in [3.63, 3.8) is 0 Å². The van der Waals surface area contributed by atoms with Gasteiger partial charge in [0, 0.05) is 43.1 Å². The summed E-state index contributed by atoms with van der Waals surface area (Å²) in [6.45, 7) is 9.23. The molecule has 2 aliphatic heterocycles. The molecule has 35 heavy (non-hydrogen) atoms. The largest absolute Gasteiger partial charge is 0.507 e. The summed E-state index contributed by atoms with van der Waals surface area (Å²) in [5.74, 6) is -2.04. The Bertz CT molecular complexity index is 1170. The van der Waals surface area contributed by atoms with Crippen molar-refractivity contribution >= 4 is 23.4 Å². The molecule has 4 rings (SSSR count). The third kappa shape index (κ3) is 4.61. The number of benzene rings is 1. The van der Waals surface area contributed by atoms with Gasteiger partial charge in [0.1, 0.15) is 5.76 Å². The molecule has 2 N–H and O–H groups in total. The lowest BCUT2D eigenvalue weighted by Crippen LogP contribution is -2.42. The van der Waals surface area contributed by atoms with Crippen molar-refractivity contribution in [2.24, 2.45) is 0 Å². The van der Waals surface area contributed by atoms with E-state index in [1.54, 1.807) is 24.3 Å². The number of ketones is 1. The molecular formula is C26H31N3O6. The van der Waals surface area contributed by atoms with Gasteiger partial charge in [-0.2, -0.15) is 0 Å². The lowest BCUT2D eigenvalue weighted by molar-refractivity contribution is -0.140. The summed E-state index contributed by atoms with van der Waals surface area (Å²) in [6, 6.07) is 5.80. The quantitative estimate of drug-likeness (QED) is 0.282. The first-order valence-corrected chi connectivity index (χ1v) is 11.7. The number of aliphatic hydroxyl groups is 1. The van der Waals surface area contributed by atoms with Crippen molar-refractivity contribution < 1.29 is 29.0 Å². The Morgan fingerprint density at radius 1 is 1.09 bits per heavy atom. The van der Waals surface area contributed by atoms with Gasteiger partial charge in [0.25, 0.3) is 11.7 Å². The minimum Gasteiger partial charge on any atom is -0.507 e. The van der Waals surface area contributed by atoms with Gasteiger partial charge in [-0.05, 0) is 44.0 Å². The molecule has 9 nitrogen and oxygen atoms in total. The highest BCUT2D eigenvalue weighted by molar-refractivity contribution is 6.46. The highest BCUT2D eigenvalue weighted by Gasteiger charge is 2.46. The molecule has 2 fully saturated rings. The van der Waals surface area contributed by atoms with Crippen LogP contribution < -0.4 is 0 Å². The van der Waals surface area contributed by atoms with E-state index in [1.165, 1.54) is 12.0 Å². The number of esters is 1. The second-order valence-electron chi connectivity index (χ2n) is 8.94. The van der Waals surface area contributed by atoms with Crippen molar-refractivity contribution in [3.8, 4) is 0 Å². The number of hydrogen-bond donors (Lipinski definition) is 2. The van der Waals surface area contributed by atoms with Gasteiger partial charge in [0.2, 0.25) is 0 Å². The topological polar surface area (TPSA) is 112 Å². The predicted molar refractivity (Wildman–Crippen MR) is 129 cm³/mol. The van der Waals surface area contributed by atoms with E-state index in [-0.39, 0.29) is 11.3 Å². The van der Waals surface area contributed by atoms with Gasteiger partial charge in [-0.25, -0.2) is 4.79 Å². The summed E-state index contributed by atoms with van der Waals surface area (Å²) in [6.07, 6.45) is 0. The molecule has 1 amide bonds. The van der Waals surface area contributed by atoms with Gasteiger partial charge < -0.3 is 24.5 Å². The maximum Gasteiger partial charge on any atom is 0.337 e. The first kappa shape index (κ1) is 24.7. The number of amides is 1. The summed E-state index contributed by atoms with van der Waals surface area (Å²) in [7, 11) is 1.31. The van der Waals surface area contributed by atoms with E-state index < -0.39 is 23.7 Å². The van der Waals surface area contributed by atoms with Crippen LogP contribution in [0.15, 0.2) is 29.8 Å². The fourth-order valence-electron chi connectivity index (χ4n) is 4.85. The fraction of sp³-hybridized carbons (Fsp3) is 0.423. The molecule has 1 aromatic heterocycles. The minimum atomic E-state index is -0.781. The molecule has 186 valence electrons. The van der Waals surface area contributed by atoms with E-state index in [4.69, 9.17) is 9.47 Å². The second-order valence-corrected chi connectivity index (χ2v) is 8.94. The first-order valence-electron chi connectivity index (χ1n) is 11.7. The van der Waals surface area contributed by atoms with Crippen LogP contribution in [0.5, 0.6) is 0 Å². The number of aromatic nitrogens is 1. The molecular weight excluding hydrogens is 450 g/mol. The number of Topliss-reactive ketones (excluding diaryl/α,β-unsaturated/α-hetero) is 1. The number of rotatable bonds is 6. The van der Waals surface area contributed by atoms with E-state index in [1.807, 2.05) is 20.8 Å². The maximum atomic E-state index is 13.3. The van der Waals surface area contributed by atoms with E-state index in [0.717, 1.165) is 30.0 Å². The van der Waals surface area contributed by atoms with Gasteiger partial charge in [0.15, 0.2) is 0 Å². The van der Waals surface area contributed by atoms with Gasteiger partial charge in [-0.3, -0.25) is 14.5 Å². The molecule has 0 saturated carbocycles. The maximum absolute atomic E-state index is 13.3. The van der Waals surface area contributed by atoms with Crippen LogP contribution in [0.2, 0.25) is 0 Å². The van der Waals surface area contributed by atoms with Crippen molar-refractivity contribution in [1.29, 1.82) is 0 Å². The van der Waals surface area contributed by atoms with E-state index in [0.29, 0.717) is 43.0 Å². The van der Waals surface area contributed by atoms with Gasteiger partial charge in [0.05, 0.1) is 37.5 Å². The number of aryl methyl sites for hydroxylation is 2. The Labute approximate surface area is 204 Å². The van der Waals surface area contributed by atoms with Crippen LogP contribution in [0, 0.1) is 20.8 Å². The zero-order valence-electron chi connectivity index (χ0n) is 20.5. The lowest BCUT2D eigenvalue weighted by atomic mass is 9.93. The molecule has 0 spiro atoms. The first-order chi connectivity index (χ1) is 16.7. The molecule has 3 heterocycles. The number of nitrogens with zero attached hydrogens (tertiary/aromatic N) is 2. The highest BCUT2D eigenvalue weighted by Crippen LogP contribution is 2.40. The third-order valence-corrected chi connectivity index (χ3v) is 6.87. The molecule has 0 radical (unpaired) electrons. The molecule has 2 saturated heterocycles. The van der Waals surface area contributed by atoms with Crippen molar-refractivity contribution in [2.45, 2.75) is 26.8 Å². The number of nitrogens with one attached hydrogen (secondary N) is 1. The molecule has 2 aliphatic rings. The summed E-state index contributed by atoms with van der Waals surface area (Å²) >= 11 is 0. The van der Waals surface area contributed by atoms with Crippen molar-refractivity contribution in [3.05, 3.63) is 63.5 Å². The second kappa shape index (κ2) is 10.1. The molecule has 0 bridgehead atoms. The number of methoxy groups -OCH3 is 1. The van der Waals surface area contributed by atoms with E-state index in [2.05, 4.69) is 9.88 Å². The molecule has 2 aromatic rings. The van der Waals surface area contributed by atoms with Crippen LogP contribution in [-0.4, -0.2) is 84.1 Å². The average molecular weight is 482 g/mol. The number of H-pyrrole nitrogens is 1. The SMILES string of the molecule is COC(=O)c1ccc(C2/C(=C(\O)c3c(C)[nH]c(C)c3C)C(=O)C(=O)N2CCN2CCOCC2)cc1. The van der Waals surface area contributed by atoms with Gasteiger partial charge >= 0.3 is 5.97 Å². The van der Waals surface area contributed by atoms with Crippen LogP contribution >= 0.6 is 0 Å². The summed E-state index contributed by atoms with van der Waals surface area (Å²) < 4.78 is 10.2. The number of carbonyl (C=O) groups is 3. The Hall–Kier alpha value is -3.43. The van der Waals surface area contributed by atoms with Crippen molar-refractivity contribution in [1.82, 2.24) is 14.8 Å². The number of likely N-dealkylation sites (tertiary alicyclic amines) is 1. The molecule has 1 atom stereocenters. The summed E-state index contributed by atoms with van der Waals surface area (Å²) in [5, 5.41) is 11.4. The van der Waals surface area contributed by atoms with Gasteiger partial charge in [-0.1, -0.05) is 12.1 Å². The number of aliphatic hydroxyl groups excluding tert-OH is 1. The number of morpholine rings is 1. The van der Waals surface area contributed by atoms with Crippen LogP contribution in [0.25, 0.3) is 5.76 Å². The monoisotopic (exact) mass is 481 g/mol. The number of ether oxygens (including phenoxy) is 2. The van der Waals surface area contributed by atoms with Gasteiger partial charge in [-0.15, -0.1) is 0 Å². The third-order valence-electron chi connectivity index (χ3n) is 6.87. The van der Waals surface area contributed by atoms with Crippen LogP contribution in [0.1, 0.15) is 44.5 Å². The van der Waals surface area contributed by atoms with Crippen LogP contribution in [0.3, 0.4) is 0 Å². The summed E-state index contributed by atoms with van der Waals surface area (Å²) in [5.41, 5.74) is 3.98. The number of aromatic amines is 1. The van der Waals surface area contributed by atoms with Crippen molar-refractivity contribution in [2.75, 3.05) is 46.5 Å². The zero-order valence-corrected chi connectivity index (χ0v) is 20.5. The molecule has 0 aliphatic carbocycles. The average Bonchev–Trinajstić information content (AvgIpc) is 3.27. The van der Waals surface area contributed by atoms with E-state index in [9.17, 15) is 19.5 Å². The predicted octanol–water partition coefficient (Wildman–Crippen LogP) is 2.48. The normalized spacial score (nSPS) is 20.5. The van der Waals surface area contributed by atoms with E-state index >= 15 is 0 Å². The van der Waals surface area contributed by atoms with Crippen LogP contribution in [-0.2, 0) is 19.1 Å². The lowest BCUT2D eigenvalue weighted by Gasteiger charge is -2.31. The Balaban J connectivity index is 1.78.